The molecule has 9 atom stereocenters. The van der Waals surface area contributed by atoms with Crippen molar-refractivity contribution in [3.8, 4) is 0 Å². The first-order valence-electron chi connectivity index (χ1n) is 18.8. The highest BCUT2D eigenvalue weighted by Crippen LogP contribution is 2.77. The van der Waals surface area contributed by atoms with Gasteiger partial charge in [-0.15, -0.1) is 11.3 Å². The Bertz CT molecular complexity index is 1640. The monoisotopic (exact) mass is 668 g/mol. The van der Waals surface area contributed by atoms with Crippen molar-refractivity contribution in [2.75, 3.05) is 5.32 Å². The first kappa shape index (κ1) is 34.1. The lowest BCUT2D eigenvalue weighted by molar-refractivity contribution is -0.216. The number of nitrogens with one attached hydrogen (secondary N) is 1. The van der Waals surface area contributed by atoms with E-state index in [-0.39, 0.29) is 27.2 Å². The van der Waals surface area contributed by atoms with Crippen molar-refractivity contribution in [3.05, 3.63) is 64.7 Å². The number of fused-ring (bicyclic) bond motifs is 7. The van der Waals surface area contributed by atoms with Gasteiger partial charge in [-0.2, -0.15) is 0 Å². The van der Waals surface area contributed by atoms with Gasteiger partial charge in [-0.05, 0) is 139 Å². The van der Waals surface area contributed by atoms with Crippen LogP contribution < -0.4 is 5.32 Å². The smallest absolute Gasteiger partial charge is 0.335 e. The summed E-state index contributed by atoms with van der Waals surface area (Å²) in [4.78, 5) is 16.7. The summed E-state index contributed by atoms with van der Waals surface area (Å²) in [5.74, 6) is 2.28. The minimum atomic E-state index is -0.859. The molecule has 0 bridgehead atoms. The van der Waals surface area contributed by atoms with Gasteiger partial charge in [0.25, 0.3) is 0 Å². The van der Waals surface area contributed by atoms with Crippen LogP contribution in [0.25, 0.3) is 5.57 Å². The largest absolute Gasteiger partial charge is 0.478 e. The number of thiazole rings is 1. The zero-order valence-corrected chi connectivity index (χ0v) is 31.9. The molecule has 1 aromatic heterocycles. The number of carbonyl (C=O) groups is 1. The fourth-order valence-corrected chi connectivity index (χ4v) is 14.2. The predicted molar refractivity (Wildman–Crippen MR) is 200 cm³/mol. The van der Waals surface area contributed by atoms with Crippen LogP contribution in [-0.2, 0) is 5.41 Å². The molecule has 4 nitrogen and oxygen atoms in total. The summed E-state index contributed by atoms with van der Waals surface area (Å²) in [6, 6.07) is 7.63. The van der Waals surface area contributed by atoms with E-state index in [0.29, 0.717) is 40.6 Å². The summed E-state index contributed by atoms with van der Waals surface area (Å²) in [7, 11) is 0. The SMILES string of the molecule is C=C(C)[C@@H]1CC[C@]2(Nc3nc(C(C)(C)C)cs3)CC[C@]3(C)[C@H](CCC4[C@@]5(C)CC=C(c6ccc(C(=O)O)cc6)C(C)(C)C5CC[C@]43C)C12. The highest BCUT2D eigenvalue weighted by atomic mass is 32.1. The number of nitrogens with zero attached hydrogens (tertiary/aromatic N) is 1. The summed E-state index contributed by atoms with van der Waals surface area (Å²) in [6.07, 6.45) is 13.8. The third kappa shape index (κ3) is 4.78. The summed E-state index contributed by atoms with van der Waals surface area (Å²) in [5.41, 5.74) is 6.55. The van der Waals surface area contributed by atoms with E-state index in [1.807, 2.05) is 12.1 Å². The Hall–Kier alpha value is -2.40. The Kier molecular flexibility index (Phi) is 7.84. The molecule has 0 radical (unpaired) electrons. The molecule has 5 aliphatic rings. The number of allylic oxidation sites excluding steroid dienone is 3. The molecule has 3 unspecified atom stereocenters. The third-order valence-electron chi connectivity index (χ3n) is 15.7. The van der Waals surface area contributed by atoms with Crippen LogP contribution in [-0.4, -0.2) is 21.6 Å². The molecule has 48 heavy (non-hydrogen) atoms. The van der Waals surface area contributed by atoms with Crippen molar-refractivity contribution in [2.45, 2.75) is 131 Å². The Balaban J connectivity index is 1.22. The normalized spacial score (nSPS) is 40.1. The van der Waals surface area contributed by atoms with E-state index in [0.717, 1.165) is 11.6 Å². The van der Waals surface area contributed by atoms with Gasteiger partial charge in [-0.3, -0.25) is 0 Å². The topological polar surface area (TPSA) is 62.2 Å². The minimum Gasteiger partial charge on any atom is -0.478 e. The molecule has 260 valence electrons. The highest BCUT2D eigenvalue weighted by molar-refractivity contribution is 7.13. The van der Waals surface area contributed by atoms with E-state index in [4.69, 9.17) is 4.98 Å². The molecule has 5 aliphatic carbocycles. The molecule has 0 spiro atoms. The second kappa shape index (κ2) is 11.0. The van der Waals surface area contributed by atoms with Crippen LogP contribution in [0.5, 0.6) is 0 Å². The first-order valence-corrected chi connectivity index (χ1v) is 19.7. The lowest BCUT2D eigenvalue weighted by Crippen LogP contribution is -2.67. The lowest BCUT2D eigenvalue weighted by atomic mass is 9.33. The molecule has 7 rings (SSSR count). The number of aromatic nitrogens is 1. The zero-order chi connectivity index (χ0) is 34.7. The van der Waals surface area contributed by atoms with Crippen molar-refractivity contribution in [3.63, 3.8) is 0 Å². The van der Waals surface area contributed by atoms with Crippen LogP contribution >= 0.6 is 11.3 Å². The van der Waals surface area contributed by atoms with Crippen LogP contribution in [0.4, 0.5) is 5.13 Å². The number of benzene rings is 1. The van der Waals surface area contributed by atoms with Gasteiger partial charge in [-0.25, -0.2) is 9.78 Å². The fraction of sp³-hybridized carbons (Fsp3) is 0.674. The molecular formula is C43H60N2O2S. The number of carboxylic acid groups (broad SMARTS) is 1. The number of hydrogen-bond donors (Lipinski definition) is 2. The Morgan fingerprint density at radius 1 is 0.938 bits per heavy atom. The number of aromatic carboxylic acids is 1. The molecule has 4 fully saturated rings. The number of hydrogen-bond acceptors (Lipinski definition) is 4. The Morgan fingerprint density at radius 3 is 2.27 bits per heavy atom. The molecule has 0 amide bonds. The van der Waals surface area contributed by atoms with Crippen molar-refractivity contribution in [2.24, 2.45) is 51.2 Å². The lowest BCUT2D eigenvalue weighted by Gasteiger charge is -2.72. The number of anilines is 1. The van der Waals surface area contributed by atoms with E-state index in [1.54, 1.807) is 23.5 Å². The maximum atomic E-state index is 11.6. The number of rotatable bonds is 5. The quantitative estimate of drug-likeness (QED) is 0.311. The molecule has 5 heteroatoms. The van der Waals surface area contributed by atoms with Crippen LogP contribution in [0.3, 0.4) is 0 Å². The zero-order valence-electron chi connectivity index (χ0n) is 31.1. The van der Waals surface area contributed by atoms with Gasteiger partial charge in [0.2, 0.25) is 0 Å². The average molecular weight is 669 g/mol. The average Bonchev–Trinajstić information content (AvgIpc) is 3.63. The van der Waals surface area contributed by atoms with Crippen LogP contribution in [0.15, 0.2) is 47.9 Å². The molecule has 0 saturated heterocycles. The highest BCUT2D eigenvalue weighted by Gasteiger charge is 2.70. The van der Waals surface area contributed by atoms with Crippen LogP contribution in [0, 0.1) is 51.2 Å². The van der Waals surface area contributed by atoms with E-state index < -0.39 is 5.97 Å². The van der Waals surface area contributed by atoms with Crippen LogP contribution in [0.2, 0.25) is 0 Å². The van der Waals surface area contributed by atoms with Gasteiger partial charge in [0.05, 0.1) is 11.3 Å². The first-order chi connectivity index (χ1) is 22.4. The molecule has 2 aromatic rings. The molecular weight excluding hydrogens is 609 g/mol. The van der Waals surface area contributed by atoms with Crippen LogP contribution in [0.1, 0.15) is 142 Å². The molecule has 1 heterocycles. The molecule has 2 N–H and O–H groups in total. The molecule has 4 saturated carbocycles. The van der Waals surface area contributed by atoms with Crippen molar-refractivity contribution in [1.82, 2.24) is 4.98 Å². The Labute approximate surface area is 294 Å². The predicted octanol–water partition coefficient (Wildman–Crippen LogP) is 11.7. The van der Waals surface area contributed by atoms with Crippen molar-refractivity contribution in [1.29, 1.82) is 0 Å². The standard InChI is InChI=1S/C43H60N2O2S/c1-26(2)29-17-22-43(45-37-44-34(25-48-37)38(3,4)5)24-23-41(9)31(35(29)43)15-16-33-40(8)20-18-30(27-11-13-28(14-12-27)36(46)47)39(6,7)32(40)19-21-42(33,41)10/h11-14,18,25,29,31-33,35H,1,15-17,19-24H2,2-10H3,(H,44,45)(H,46,47)/t29-,31+,32?,33?,35?,40-,41+,42+,43-/m0/s1. The van der Waals surface area contributed by atoms with Gasteiger partial charge in [0.1, 0.15) is 0 Å². The summed E-state index contributed by atoms with van der Waals surface area (Å²) in [5, 5.41) is 17.1. The molecule has 0 aliphatic heterocycles. The summed E-state index contributed by atoms with van der Waals surface area (Å²) in [6.45, 7) is 26.8. The Morgan fingerprint density at radius 2 is 1.65 bits per heavy atom. The summed E-state index contributed by atoms with van der Waals surface area (Å²) < 4.78 is 0. The van der Waals surface area contributed by atoms with E-state index in [2.05, 4.69) is 85.7 Å². The second-order valence-corrected chi connectivity index (χ2v) is 20.0. The van der Waals surface area contributed by atoms with Gasteiger partial charge in [-0.1, -0.05) is 85.8 Å². The second-order valence-electron chi connectivity index (χ2n) is 19.2. The maximum absolute atomic E-state index is 11.6. The van der Waals surface area contributed by atoms with Gasteiger partial charge in [0, 0.05) is 16.3 Å². The van der Waals surface area contributed by atoms with E-state index in [1.165, 1.54) is 73.8 Å². The fourth-order valence-electron chi connectivity index (χ4n) is 13.1. The number of carboxylic acids is 1. The summed E-state index contributed by atoms with van der Waals surface area (Å²) >= 11 is 1.81. The third-order valence-corrected chi connectivity index (χ3v) is 16.5. The van der Waals surface area contributed by atoms with E-state index in [9.17, 15) is 9.90 Å². The van der Waals surface area contributed by atoms with Crippen molar-refractivity contribution < 1.29 is 9.90 Å². The van der Waals surface area contributed by atoms with Gasteiger partial charge < -0.3 is 10.4 Å². The van der Waals surface area contributed by atoms with E-state index >= 15 is 0 Å². The maximum Gasteiger partial charge on any atom is 0.335 e. The molecule has 1 aromatic carbocycles. The minimum absolute atomic E-state index is 0.0264. The van der Waals surface area contributed by atoms with Gasteiger partial charge >= 0.3 is 5.97 Å². The van der Waals surface area contributed by atoms with Crippen molar-refractivity contribution >= 4 is 28.0 Å². The van der Waals surface area contributed by atoms with Gasteiger partial charge in [0.15, 0.2) is 5.13 Å².